The van der Waals surface area contributed by atoms with Gasteiger partial charge in [0.15, 0.2) is 0 Å². The lowest BCUT2D eigenvalue weighted by Gasteiger charge is -2.17. The summed E-state index contributed by atoms with van der Waals surface area (Å²) in [6.07, 6.45) is -3.98. The third-order valence-corrected chi connectivity index (χ3v) is 3.58. The summed E-state index contributed by atoms with van der Waals surface area (Å²) in [6.45, 7) is 0.717. The van der Waals surface area contributed by atoms with E-state index in [4.69, 9.17) is 11.6 Å². The van der Waals surface area contributed by atoms with Gasteiger partial charge >= 0.3 is 6.18 Å². The monoisotopic (exact) mass is 291 g/mol. The van der Waals surface area contributed by atoms with E-state index in [1.165, 1.54) is 6.07 Å². The van der Waals surface area contributed by atoms with E-state index in [1.807, 2.05) is 0 Å². The Morgan fingerprint density at radius 1 is 1.37 bits per heavy atom. The molecule has 0 radical (unpaired) electrons. The average molecular weight is 292 g/mol. The molecule has 0 aromatic heterocycles. The van der Waals surface area contributed by atoms with Crippen molar-refractivity contribution in [3.8, 4) is 0 Å². The first kappa shape index (κ1) is 14.2. The van der Waals surface area contributed by atoms with Crippen molar-refractivity contribution in [2.75, 3.05) is 12.4 Å². The Morgan fingerprint density at radius 2 is 2.11 bits per heavy atom. The van der Waals surface area contributed by atoms with Crippen molar-refractivity contribution >= 4 is 17.5 Å². The molecule has 19 heavy (non-hydrogen) atoms. The van der Waals surface area contributed by atoms with Crippen LogP contribution in [0.2, 0.25) is 0 Å². The molecule has 1 unspecified atom stereocenters. The molecule has 1 aliphatic rings. The molecule has 1 fully saturated rings. The summed E-state index contributed by atoms with van der Waals surface area (Å²) in [5.41, 5.74) is -0.205. The van der Waals surface area contributed by atoms with Crippen LogP contribution in [0.15, 0.2) is 24.3 Å². The predicted molar refractivity (Wildman–Crippen MR) is 65.7 cm³/mol. The summed E-state index contributed by atoms with van der Waals surface area (Å²) in [4.78, 5) is 13.2. The first-order valence-electron chi connectivity index (χ1n) is 5.90. The summed E-state index contributed by atoms with van der Waals surface area (Å²) in [6, 6.07) is 5.06. The van der Waals surface area contributed by atoms with Gasteiger partial charge < -0.3 is 4.90 Å². The summed E-state index contributed by atoms with van der Waals surface area (Å²) in [7, 11) is 0. The smallest absolute Gasteiger partial charge is 0.338 e. The zero-order valence-electron chi connectivity index (χ0n) is 10.1. The molecule has 1 saturated heterocycles. The highest BCUT2D eigenvalue weighted by atomic mass is 35.5. The van der Waals surface area contributed by atoms with Gasteiger partial charge in [-0.25, -0.2) is 0 Å². The number of carbonyl (C=O) groups excluding carboxylic acids is 1. The van der Waals surface area contributed by atoms with E-state index in [2.05, 4.69) is 0 Å². The summed E-state index contributed by atoms with van der Waals surface area (Å²) in [5.74, 6) is 0.438. The zero-order chi connectivity index (χ0) is 14.0. The van der Waals surface area contributed by atoms with Crippen LogP contribution < -0.4 is 0 Å². The predicted octanol–water partition coefficient (Wildman–Crippen LogP) is 3.29. The standard InChI is InChI=1S/C13H13ClF3NO/c14-6-10-5-12(19)18(8-10)7-9-2-1-3-11(4-9)13(15,16)17/h1-4,10H,5-8H2. The van der Waals surface area contributed by atoms with Gasteiger partial charge in [0.05, 0.1) is 5.56 Å². The molecule has 0 spiro atoms. The molecule has 1 aromatic carbocycles. The van der Waals surface area contributed by atoms with Crippen LogP contribution in [0.25, 0.3) is 0 Å². The van der Waals surface area contributed by atoms with Crippen LogP contribution in [0.3, 0.4) is 0 Å². The van der Waals surface area contributed by atoms with E-state index < -0.39 is 11.7 Å². The van der Waals surface area contributed by atoms with Crippen molar-refractivity contribution in [2.45, 2.75) is 19.1 Å². The highest BCUT2D eigenvalue weighted by molar-refractivity contribution is 6.18. The van der Waals surface area contributed by atoms with E-state index in [0.717, 1.165) is 12.1 Å². The van der Waals surface area contributed by atoms with Crippen molar-refractivity contribution in [2.24, 2.45) is 5.92 Å². The number of halogens is 4. The van der Waals surface area contributed by atoms with E-state index in [9.17, 15) is 18.0 Å². The third-order valence-electron chi connectivity index (χ3n) is 3.14. The lowest BCUT2D eigenvalue weighted by molar-refractivity contribution is -0.137. The van der Waals surface area contributed by atoms with Crippen LogP contribution in [0, 0.1) is 5.92 Å². The van der Waals surface area contributed by atoms with Gasteiger partial charge in [-0.2, -0.15) is 13.2 Å². The maximum atomic E-state index is 12.6. The Labute approximate surface area is 114 Å². The lowest BCUT2D eigenvalue weighted by atomic mass is 10.1. The van der Waals surface area contributed by atoms with Crippen molar-refractivity contribution in [1.82, 2.24) is 4.90 Å². The van der Waals surface area contributed by atoms with Gasteiger partial charge in [0.25, 0.3) is 0 Å². The van der Waals surface area contributed by atoms with Crippen LogP contribution >= 0.6 is 11.6 Å². The Bertz CT molecular complexity index is 475. The van der Waals surface area contributed by atoms with Gasteiger partial charge in [-0.15, -0.1) is 11.6 Å². The van der Waals surface area contributed by atoms with Crippen LogP contribution in [-0.2, 0) is 17.5 Å². The Hall–Kier alpha value is -1.23. The Kier molecular flexibility index (Phi) is 4.04. The van der Waals surface area contributed by atoms with Crippen LogP contribution in [0.5, 0.6) is 0 Å². The van der Waals surface area contributed by atoms with Gasteiger partial charge in [-0.1, -0.05) is 12.1 Å². The molecule has 6 heteroatoms. The van der Waals surface area contributed by atoms with E-state index >= 15 is 0 Å². The van der Waals surface area contributed by atoms with Gasteiger partial charge in [0.2, 0.25) is 5.91 Å². The molecule has 1 aliphatic heterocycles. The van der Waals surface area contributed by atoms with Crippen molar-refractivity contribution < 1.29 is 18.0 Å². The summed E-state index contributed by atoms with van der Waals surface area (Å²) in [5, 5.41) is 0. The number of hydrogen-bond donors (Lipinski definition) is 0. The fourth-order valence-electron chi connectivity index (χ4n) is 2.18. The Balaban J connectivity index is 2.10. The number of amides is 1. The van der Waals surface area contributed by atoms with E-state index in [0.29, 0.717) is 24.4 Å². The maximum absolute atomic E-state index is 12.6. The molecule has 1 amide bonds. The molecule has 0 saturated carbocycles. The number of carbonyl (C=O) groups is 1. The van der Waals surface area contributed by atoms with Gasteiger partial charge in [-0.3, -0.25) is 4.79 Å². The average Bonchev–Trinajstić information content (AvgIpc) is 2.70. The molecule has 2 nitrogen and oxygen atoms in total. The molecule has 2 rings (SSSR count). The minimum atomic E-state index is -4.36. The van der Waals surface area contributed by atoms with Gasteiger partial charge in [-0.05, 0) is 23.6 Å². The fourth-order valence-corrected chi connectivity index (χ4v) is 2.38. The number of nitrogens with zero attached hydrogens (tertiary/aromatic N) is 1. The number of benzene rings is 1. The van der Waals surface area contributed by atoms with Crippen molar-refractivity contribution in [1.29, 1.82) is 0 Å². The second-order valence-corrected chi connectivity index (χ2v) is 5.01. The minimum Gasteiger partial charge on any atom is -0.338 e. The molecule has 1 heterocycles. The van der Waals surface area contributed by atoms with Crippen LogP contribution in [0.1, 0.15) is 17.5 Å². The van der Waals surface area contributed by atoms with Crippen LogP contribution in [-0.4, -0.2) is 23.2 Å². The van der Waals surface area contributed by atoms with Gasteiger partial charge in [0, 0.05) is 25.4 Å². The van der Waals surface area contributed by atoms with Crippen molar-refractivity contribution in [3.63, 3.8) is 0 Å². The molecule has 1 atom stereocenters. The third kappa shape index (κ3) is 3.41. The summed E-state index contributed by atoms with van der Waals surface area (Å²) < 4.78 is 37.7. The normalized spacial score (nSPS) is 20.1. The zero-order valence-corrected chi connectivity index (χ0v) is 10.8. The first-order valence-corrected chi connectivity index (χ1v) is 6.43. The molecule has 0 N–H and O–H groups in total. The fraction of sp³-hybridized carbons (Fsp3) is 0.462. The highest BCUT2D eigenvalue weighted by Gasteiger charge is 2.32. The summed E-state index contributed by atoms with van der Waals surface area (Å²) >= 11 is 5.70. The topological polar surface area (TPSA) is 20.3 Å². The minimum absolute atomic E-state index is 0.0527. The van der Waals surface area contributed by atoms with Crippen molar-refractivity contribution in [3.05, 3.63) is 35.4 Å². The molecule has 1 aromatic rings. The van der Waals surface area contributed by atoms with E-state index in [-0.39, 0.29) is 18.4 Å². The largest absolute Gasteiger partial charge is 0.416 e. The van der Waals surface area contributed by atoms with Crippen LogP contribution in [0.4, 0.5) is 13.2 Å². The number of alkyl halides is 4. The quantitative estimate of drug-likeness (QED) is 0.783. The highest BCUT2D eigenvalue weighted by Crippen LogP contribution is 2.30. The Morgan fingerprint density at radius 3 is 2.68 bits per heavy atom. The number of hydrogen-bond acceptors (Lipinski definition) is 1. The molecule has 0 aliphatic carbocycles. The SMILES string of the molecule is O=C1CC(CCl)CN1Cc1cccc(C(F)(F)F)c1. The lowest BCUT2D eigenvalue weighted by Crippen LogP contribution is -2.25. The first-order chi connectivity index (χ1) is 8.90. The van der Waals surface area contributed by atoms with Gasteiger partial charge in [0.1, 0.15) is 0 Å². The second kappa shape index (κ2) is 5.41. The molecule has 0 bridgehead atoms. The number of likely N-dealkylation sites (tertiary alicyclic amines) is 1. The maximum Gasteiger partial charge on any atom is 0.416 e. The molecule has 104 valence electrons. The molecular formula is C13H13ClF3NO. The number of rotatable bonds is 3. The molecular weight excluding hydrogens is 279 g/mol. The van der Waals surface area contributed by atoms with E-state index in [1.54, 1.807) is 11.0 Å². The second-order valence-electron chi connectivity index (χ2n) is 4.70.